The van der Waals surface area contributed by atoms with Gasteiger partial charge in [-0.25, -0.2) is 0 Å². The van der Waals surface area contributed by atoms with Crippen LogP contribution in [0.4, 0.5) is 0 Å². The number of rotatable bonds is 13. The van der Waals surface area contributed by atoms with Gasteiger partial charge in [-0.15, -0.1) is 6.58 Å². The van der Waals surface area contributed by atoms with Gasteiger partial charge in [0.2, 0.25) is 0 Å². The van der Waals surface area contributed by atoms with E-state index < -0.39 is 0 Å². The third-order valence-electron chi connectivity index (χ3n) is 4.40. The van der Waals surface area contributed by atoms with Crippen LogP contribution in [0.3, 0.4) is 0 Å². The zero-order valence-corrected chi connectivity index (χ0v) is 14.5. The average molecular weight is 283 g/mol. The van der Waals surface area contributed by atoms with E-state index in [-0.39, 0.29) is 0 Å². The van der Waals surface area contributed by atoms with Crippen molar-refractivity contribution in [2.75, 3.05) is 6.61 Å². The van der Waals surface area contributed by atoms with Crippen LogP contribution in [0.2, 0.25) is 0 Å². The smallest absolute Gasteiger partial charge is 0.0456 e. The van der Waals surface area contributed by atoms with Crippen molar-refractivity contribution in [3.8, 4) is 0 Å². The molecule has 3 unspecified atom stereocenters. The Hall–Kier alpha value is -0.300. The lowest BCUT2D eigenvalue weighted by atomic mass is 9.91. The molecule has 20 heavy (non-hydrogen) atoms. The van der Waals surface area contributed by atoms with Gasteiger partial charge in [0.15, 0.2) is 0 Å². The third kappa shape index (κ3) is 12.7. The minimum atomic E-state index is 0.343. The van der Waals surface area contributed by atoms with Gasteiger partial charge in [-0.05, 0) is 43.9 Å². The highest BCUT2D eigenvalue weighted by molar-refractivity contribution is 4.87. The Labute approximate surface area is 127 Å². The molecule has 0 aliphatic rings. The Morgan fingerprint density at radius 1 is 0.800 bits per heavy atom. The molecular weight excluding hydrogens is 244 g/mol. The second kappa shape index (κ2) is 12.4. The van der Waals surface area contributed by atoms with E-state index in [0.717, 1.165) is 11.8 Å². The zero-order chi connectivity index (χ0) is 15.4. The van der Waals surface area contributed by atoms with Crippen molar-refractivity contribution in [2.24, 2.45) is 17.8 Å². The molecule has 1 N–H and O–H groups in total. The minimum Gasteiger partial charge on any atom is -0.396 e. The van der Waals surface area contributed by atoms with Crippen LogP contribution in [0.5, 0.6) is 0 Å². The molecule has 0 aromatic heterocycles. The van der Waals surface area contributed by atoms with Crippen molar-refractivity contribution in [3.05, 3.63) is 12.2 Å². The molecule has 0 radical (unpaired) electrons. The van der Waals surface area contributed by atoms with Gasteiger partial charge in [-0.3, -0.25) is 0 Å². The molecule has 0 rings (SSSR count). The summed E-state index contributed by atoms with van der Waals surface area (Å²) in [7, 11) is 0. The molecule has 0 amide bonds. The van der Waals surface area contributed by atoms with Crippen LogP contribution in [-0.2, 0) is 0 Å². The van der Waals surface area contributed by atoms with E-state index in [0.29, 0.717) is 12.5 Å². The lowest BCUT2D eigenvalue weighted by molar-refractivity contribution is 0.225. The lowest BCUT2D eigenvalue weighted by Gasteiger charge is -2.15. The first-order valence-corrected chi connectivity index (χ1v) is 8.70. The largest absolute Gasteiger partial charge is 0.396 e. The van der Waals surface area contributed by atoms with Crippen LogP contribution < -0.4 is 0 Å². The van der Waals surface area contributed by atoms with Crippen molar-refractivity contribution in [1.29, 1.82) is 0 Å². The summed E-state index contributed by atoms with van der Waals surface area (Å²) in [4.78, 5) is 0. The standard InChI is InChI=1S/C19H38O/c1-16(2)9-6-10-17(3)11-7-12-18(4)13-8-14-19(5)15-20/h17-20H,1,6-15H2,2-5H3. The monoisotopic (exact) mass is 282 g/mol. The van der Waals surface area contributed by atoms with E-state index in [1.54, 1.807) is 0 Å². The maximum absolute atomic E-state index is 9.00. The topological polar surface area (TPSA) is 20.2 Å². The highest BCUT2D eigenvalue weighted by atomic mass is 16.3. The molecule has 120 valence electrons. The molecule has 1 heteroatoms. The van der Waals surface area contributed by atoms with Crippen LogP contribution in [-0.4, -0.2) is 11.7 Å². The van der Waals surface area contributed by atoms with Crippen molar-refractivity contribution >= 4 is 0 Å². The minimum absolute atomic E-state index is 0.343. The van der Waals surface area contributed by atoms with Crippen LogP contribution in [0, 0.1) is 17.8 Å². The fourth-order valence-corrected chi connectivity index (χ4v) is 2.76. The molecule has 0 fully saturated rings. The highest BCUT2D eigenvalue weighted by Gasteiger charge is 2.07. The number of aliphatic hydroxyl groups is 1. The van der Waals surface area contributed by atoms with Crippen molar-refractivity contribution in [2.45, 2.75) is 85.5 Å². The van der Waals surface area contributed by atoms with E-state index >= 15 is 0 Å². The number of aliphatic hydroxyl groups excluding tert-OH is 1. The second-order valence-electron chi connectivity index (χ2n) is 7.21. The predicted molar refractivity (Wildman–Crippen MR) is 90.9 cm³/mol. The van der Waals surface area contributed by atoms with Crippen LogP contribution >= 0.6 is 0 Å². The highest BCUT2D eigenvalue weighted by Crippen LogP contribution is 2.21. The van der Waals surface area contributed by atoms with Gasteiger partial charge in [0.1, 0.15) is 0 Å². The molecule has 3 atom stereocenters. The normalized spacial score (nSPS) is 15.8. The molecule has 0 bridgehead atoms. The van der Waals surface area contributed by atoms with Gasteiger partial charge in [0.25, 0.3) is 0 Å². The lowest BCUT2D eigenvalue weighted by Crippen LogP contribution is -2.03. The van der Waals surface area contributed by atoms with Crippen LogP contribution in [0.1, 0.15) is 85.5 Å². The van der Waals surface area contributed by atoms with E-state index in [2.05, 4.69) is 34.3 Å². The SMILES string of the molecule is C=C(C)CCCC(C)CCCC(C)CCCC(C)CO. The number of hydrogen-bond donors (Lipinski definition) is 1. The number of hydrogen-bond acceptors (Lipinski definition) is 1. The van der Waals surface area contributed by atoms with Gasteiger partial charge in [0, 0.05) is 6.61 Å². The Balaban J connectivity index is 3.45. The van der Waals surface area contributed by atoms with E-state index in [1.807, 2.05) is 0 Å². The fourth-order valence-electron chi connectivity index (χ4n) is 2.76. The summed E-state index contributed by atoms with van der Waals surface area (Å²) >= 11 is 0. The molecule has 1 nitrogen and oxygen atoms in total. The molecule has 0 aromatic rings. The van der Waals surface area contributed by atoms with Crippen LogP contribution in [0.25, 0.3) is 0 Å². The van der Waals surface area contributed by atoms with Crippen molar-refractivity contribution in [3.63, 3.8) is 0 Å². The zero-order valence-electron chi connectivity index (χ0n) is 14.5. The van der Waals surface area contributed by atoms with Crippen LogP contribution in [0.15, 0.2) is 12.2 Å². The van der Waals surface area contributed by atoms with Gasteiger partial charge in [-0.2, -0.15) is 0 Å². The van der Waals surface area contributed by atoms with Gasteiger partial charge < -0.3 is 5.11 Å². The van der Waals surface area contributed by atoms with E-state index in [4.69, 9.17) is 5.11 Å². The average Bonchev–Trinajstić information content (AvgIpc) is 2.38. The molecule has 0 saturated carbocycles. The predicted octanol–water partition coefficient (Wildman–Crippen LogP) is 5.97. The summed E-state index contributed by atoms with van der Waals surface area (Å²) in [6.45, 7) is 13.4. The van der Waals surface area contributed by atoms with E-state index in [1.165, 1.54) is 63.4 Å². The number of allylic oxidation sites excluding steroid dienone is 1. The van der Waals surface area contributed by atoms with Gasteiger partial charge >= 0.3 is 0 Å². The summed E-state index contributed by atoms with van der Waals surface area (Å²) in [6, 6.07) is 0. The summed E-state index contributed by atoms with van der Waals surface area (Å²) < 4.78 is 0. The van der Waals surface area contributed by atoms with Gasteiger partial charge in [-0.1, -0.05) is 64.9 Å². The summed E-state index contributed by atoms with van der Waals surface area (Å²) in [6.07, 6.45) is 11.8. The third-order valence-corrected chi connectivity index (χ3v) is 4.40. The molecule has 0 aromatic carbocycles. The quantitative estimate of drug-likeness (QED) is 0.412. The van der Waals surface area contributed by atoms with Gasteiger partial charge in [0.05, 0.1) is 0 Å². The Bertz CT molecular complexity index is 234. The summed E-state index contributed by atoms with van der Waals surface area (Å²) in [5.74, 6) is 2.20. The first-order chi connectivity index (χ1) is 9.45. The fraction of sp³-hybridized carbons (Fsp3) is 0.895. The molecule has 0 aliphatic carbocycles. The second-order valence-corrected chi connectivity index (χ2v) is 7.21. The molecule has 0 aliphatic heterocycles. The first kappa shape index (κ1) is 19.7. The maximum atomic E-state index is 9.00. The Morgan fingerprint density at radius 3 is 1.60 bits per heavy atom. The Morgan fingerprint density at radius 2 is 1.20 bits per heavy atom. The molecule has 0 spiro atoms. The Kier molecular flexibility index (Phi) is 12.3. The summed E-state index contributed by atoms with van der Waals surface area (Å²) in [5, 5.41) is 9.00. The van der Waals surface area contributed by atoms with Crippen molar-refractivity contribution < 1.29 is 5.11 Å². The molecule has 0 heterocycles. The van der Waals surface area contributed by atoms with E-state index in [9.17, 15) is 0 Å². The van der Waals surface area contributed by atoms with Crippen molar-refractivity contribution in [1.82, 2.24) is 0 Å². The summed E-state index contributed by atoms with van der Waals surface area (Å²) in [5.41, 5.74) is 1.32. The first-order valence-electron chi connectivity index (χ1n) is 8.70. The maximum Gasteiger partial charge on any atom is 0.0456 e. The molecule has 0 saturated heterocycles. The molecular formula is C19H38O.